The van der Waals surface area contributed by atoms with Gasteiger partial charge in [-0.05, 0) is 19.9 Å². The summed E-state index contributed by atoms with van der Waals surface area (Å²) in [6.07, 6.45) is 2.57. The van der Waals surface area contributed by atoms with Gasteiger partial charge in [0.15, 0.2) is 0 Å². The highest BCUT2D eigenvalue weighted by Gasteiger charge is 2.09. The summed E-state index contributed by atoms with van der Waals surface area (Å²) in [6, 6.07) is 3.75. The van der Waals surface area contributed by atoms with Gasteiger partial charge in [0.1, 0.15) is 0 Å². The molecule has 0 saturated heterocycles. The molecule has 2 rings (SSSR count). The molecular weight excluding hydrogens is 246 g/mol. The standard InChI is InChI=1S/C13H17N3OS/c1-9(14)11-4-3-6-15-13(11)17-7-5-12-10(2)16-8-18-12/h3-4,6,8-9H,5,7,14H2,1-2H3/t9-/m0/s1. The van der Waals surface area contributed by atoms with Gasteiger partial charge in [-0.25, -0.2) is 9.97 Å². The van der Waals surface area contributed by atoms with Crippen molar-refractivity contribution in [2.24, 2.45) is 5.73 Å². The predicted octanol–water partition coefficient (Wildman–Crippen LogP) is 2.49. The summed E-state index contributed by atoms with van der Waals surface area (Å²) in [5.41, 5.74) is 9.76. The van der Waals surface area contributed by atoms with Gasteiger partial charge in [0, 0.05) is 29.1 Å². The molecule has 0 radical (unpaired) electrons. The Balaban J connectivity index is 1.96. The van der Waals surface area contributed by atoms with E-state index in [2.05, 4.69) is 9.97 Å². The van der Waals surface area contributed by atoms with Crippen molar-refractivity contribution in [1.29, 1.82) is 0 Å². The van der Waals surface area contributed by atoms with Crippen molar-refractivity contribution in [3.05, 3.63) is 40.0 Å². The third kappa shape index (κ3) is 3.05. The van der Waals surface area contributed by atoms with E-state index in [1.807, 2.05) is 31.5 Å². The highest BCUT2D eigenvalue weighted by atomic mass is 32.1. The SMILES string of the molecule is Cc1ncsc1CCOc1ncccc1[C@H](C)N. The largest absolute Gasteiger partial charge is 0.477 e. The Labute approximate surface area is 111 Å². The Morgan fingerprint density at radius 1 is 1.44 bits per heavy atom. The van der Waals surface area contributed by atoms with Gasteiger partial charge in [-0.2, -0.15) is 0 Å². The van der Waals surface area contributed by atoms with E-state index < -0.39 is 0 Å². The fourth-order valence-corrected chi connectivity index (χ4v) is 2.44. The van der Waals surface area contributed by atoms with Crippen LogP contribution in [-0.4, -0.2) is 16.6 Å². The third-order valence-electron chi connectivity index (χ3n) is 2.70. The third-order valence-corrected chi connectivity index (χ3v) is 3.70. The topological polar surface area (TPSA) is 61.0 Å². The van der Waals surface area contributed by atoms with Crippen LogP contribution in [0.5, 0.6) is 5.88 Å². The van der Waals surface area contributed by atoms with Gasteiger partial charge >= 0.3 is 0 Å². The van der Waals surface area contributed by atoms with Gasteiger partial charge in [-0.3, -0.25) is 0 Å². The number of pyridine rings is 1. The maximum absolute atomic E-state index is 5.88. The highest BCUT2D eigenvalue weighted by Crippen LogP contribution is 2.21. The lowest BCUT2D eigenvalue weighted by atomic mass is 10.1. The average Bonchev–Trinajstić information content (AvgIpc) is 2.76. The van der Waals surface area contributed by atoms with Crippen LogP contribution in [0.3, 0.4) is 0 Å². The quantitative estimate of drug-likeness (QED) is 0.900. The van der Waals surface area contributed by atoms with Crippen LogP contribution >= 0.6 is 11.3 Å². The fraction of sp³-hybridized carbons (Fsp3) is 0.385. The molecule has 1 atom stereocenters. The normalized spacial score (nSPS) is 12.4. The van der Waals surface area contributed by atoms with Gasteiger partial charge in [0.05, 0.1) is 17.8 Å². The molecule has 0 bridgehead atoms. The van der Waals surface area contributed by atoms with Crippen molar-refractivity contribution in [2.75, 3.05) is 6.61 Å². The smallest absolute Gasteiger partial charge is 0.218 e. The monoisotopic (exact) mass is 263 g/mol. The molecule has 0 amide bonds. The molecule has 18 heavy (non-hydrogen) atoms. The van der Waals surface area contributed by atoms with Crippen molar-refractivity contribution in [3.8, 4) is 5.88 Å². The average molecular weight is 263 g/mol. The van der Waals surface area contributed by atoms with Crippen molar-refractivity contribution < 1.29 is 4.74 Å². The molecule has 0 saturated carbocycles. The summed E-state index contributed by atoms with van der Waals surface area (Å²) < 4.78 is 5.71. The number of ether oxygens (including phenoxy) is 1. The van der Waals surface area contributed by atoms with Gasteiger partial charge in [-0.1, -0.05) is 6.07 Å². The molecule has 2 aromatic heterocycles. The first-order valence-electron chi connectivity index (χ1n) is 5.90. The number of aryl methyl sites for hydroxylation is 1. The summed E-state index contributed by atoms with van der Waals surface area (Å²) in [7, 11) is 0. The minimum absolute atomic E-state index is 0.0705. The lowest BCUT2D eigenvalue weighted by Gasteiger charge is -2.12. The molecule has 0 aliphatic carbocycles. The Morgan fingerprint density at radius 3 is 2.94 bits per heavy atom. The number of hydrogen-bond acceptors (Lipinski definition) is 5. The zero-order valence-corrected chi connectivity index (χ0v) is 11.4. The summed E-state index contributed by atoms with van der Waals surface area (Å²) >= 11 is 1.66. The molecule has 0 aliphatic heterocycles. The van der Waals surface area contributed by atoms with Crippen LogP contribution in [0.4, 0.5) is 0 Å². The number of aromatic nitrogens is 2. The molecule has 5 heteroatoms. The molecule has 0 fully saturated rings. The second-order valence-corrected chi connectivity index (χ2v) is 5.09. The fourth-order valence-electron chi connectivity index (χ4n) is 1.68. The highest BCUT2D eigenvalue weighted by molar-refractivity contribution is 7.09. The number of rotatable bonds is 5. The Kier molecular flexibility index (Phi) is 4.28. The summed E-state index contributed by atoms with van der Waals surface area (Å²) in [5.74, 6) is 0.634. The van der Waals surface area contributed by atoms with Gasteiger partial charge in [0.2, 0.25) is 5.88 Å². The molecule has 4 nitrogen and oxygen atoms in total. The molecule has 0 aromatic carbocycles. The molecule has 2 N–H and O–H groups in total. The summed E-state index contributed by atoms with van der Waals surface area (Å²) in [4.78, 5) is 9.70. The van der Waals surface area contributed by atoms with Crippen LogP contribution in [0.15, 0.2) is 23.8 Å². The van der Waals surface area contributed by atoms with Crippen LogP contribution in [0.2, 0.25) is 0 Å². The minimum Gasteiger partial charge on any atom is -0.477 e. The molecule has 2 heterocycles. The van der Waals surface area contributed by atoms with E-state index in [9.17, 15) is 0 Å². The van der Waals surface area contributed by atoms with Gasteiger partial charge < -0.3 is 10.5 Å². The maximum atomic E-state index is 5.88. The first-order chi connectivity index (χ1) is 8.68. The predicted molar refractivity (Wildman–Crippen MR) is 72.9 cm³/mol. The Morgan fingerprint density at radius 2 is 2.28 bits per heavy atom. The van der Waals surface area contributed by atoms with E-state index in [-0.39, 0.29) is 6.04 Å². The van der Waals surface area contributed by atoms with E-state index in [0.717, 1.165) is 17.7 Å². The summed E-state index contributed by atoms with van der Waals surface area (Å²) in [5, 5.41) is 0. The molecule has 2 aromatic rings. The van der Waals surface area contributed by atoms with Crippen molar-refractivity contribution in [3.63, 3.8) is 0 Å². The summed E-state index contributed by atoms with van der Waals surface area (Å²) in [6.45, 7) is 4.54. The number of nitrogens with two attached hydrogens (primary N) is 1. The lowest BCUT2D eigenvalue weighted by molar-refractivity contribution is 0.305. The second-order valence-electron chi connectivity index (χ2n) is 4.15. The molecule has 96 valence electrons. The second kappa shape index (κ2) is 5.93. The Bertz CT molecular complexity index is 510. The van der Waals surface area contributed by atoms with Crippen LogP contribution < -0.4 is 10.5 Å². The molecule has 0 aliphatic rings. The maximum Gasteiger partial charge on any atom is 0.218 e. The molecule has 0 spiro atoms. The van der Waals surface area contributed by atoms with Gasteiger partial charge in [-0.15, -0.1) is 11.3 Å². The first-order valence-corrected chi connectivity index (χ1v) is 6.78. The van der Waals surface area contributed by atoms with E-state index in [4.69, 9.17) is 10.5 Å². The van der Waals surface area contributed by atoms with E-state index in [0.29, 0.717) is 12.5 Å². The number of hydrogen-bond donors (Lipinski definition) is 1. The van der Waals surface area contributed by atoms with Crippen LogP contribution in [0.25, 0.3) is 0 Å². The lowest BCUT2D eigenvalue weighted by Crippen LogP contribution is -2.10. The van der Waals surface area contributed by atoms with E-state index >= 15 is 0 Å². The molecule has 0 unspecified atom stereocenters. The minimum atomic E-state index is -0.0705. The van der Waals surface area contributed by atoms with E-state index in [1.165, 1.54) is 4.88 Å². The zero-order chi connectivity index (χ0) is 13.0. The zero-order valence-electron chi connectivity index (χ0n) is 10.6. The molecular formula is C13H17N3OS. The van der Waals surface area contributed by atoms with Gasteiger partial charge in [0.25, 0.3) is 0 Å². The Hall–Kier alpha value is -1.46. The van der Waals surface area contributed by atoms with E-state index in [1.54, 1.807) is 17.5 Å². The van der Waals surface area contributed by atoms with Crippen LogP contribution in [0, 0.1) is 6.92 Å². The van der Waals surface area contributed by atoms with Crippen LogP contribution in [-0.2, 0) is 6.42 Å². The number of thiazole rings is 1. The van der Waals surface area contributed by atoms with Crippen molar-refractivity contribution >= 4 is 11.3 Å². The van der Waals surface area contributed by atoms with Crippen LogP contribution in [0.1, 0.15) is 29.1 Å². The van der Waals surface area contributed by atoms with Crippen molar-refractivity contribution in [1.82, 2.24) is 9.97 Å². The van der Waals surface area contributed by atoms with Crippen molar-refractivity contribution in [2.45, 2.75) is 26.3 Å². The number of nitrogens with zero attached hydrogens (tertiary/aromatic N) is 2. The first kappa shape index (κ1) is 13.0.